The average molecular weight is 269 g/mol. The van der Waals surface area contributed by atoms with Gasteiger partial charge in [0.1, 0.15) is 11.6 Å². The van der Waals surface area contributed by atoms with Gasteiger partial charge < -0.3 is 0 Å². The molecule has 0 aliphatic rings. The van der Waals surface area contributed by atoms with Crippen LogP contribution in [-0.4, -0.2) is 0 Å². The Labute approximate surface area is 94.7 Å². The highest BCUT2D eigenvalue weighted by molar-refractivity contribution is 9.10. The molecule has 0 unspecified atom stereocenters. The van der Waals surface area contributed by atoms with Crippen molar-refractivity contribution in [2.45, 2.75) is 0 Å². The summed E-state index contributed by atoms with van der Waals surface area (Å²) in [4.78, 5) is 0. The third-order valence-electron chi connectivity index (χ3n) is 2.04. The van der Waals surface area contributed by atoms with Crippen LogP contribution in [0.2, 0.25) is 0 Å². The van der Waals surface area contributed by atoms with Gasteiger partial charge >= 0.3 is 0 Å². The Kier molecular flexibility index (Phi) is 2.82. The van der Waals surface area contributed by atoms with E-state index >= 15 is 0 Å². The second kappa shape index (κ2) is 4.11. The summed E-state index contributed by atoms with van der Waals surface area (Å²) in [5, 5.41) is 0. The van der Waals surface area contributed by atoms with Crippen molar-refractivity contribution in [3.05, 3.63) is 58.6 Å². The summed E-state index contributed by atoms with van der Waals surface area (Å²) in [5.41, 5.74) is 1.51. The molecule has 0 saturated carbocycles. The summed E-state index contributed by atoms with van der Waals surface area (Å²) in [7, 11) is 0. The summed E-state index contributed by atoms with van der Waals surface area (Å²) in [5.74, 6) is -0.613. The molecule has 0 nitrogen and oxygen atoms in total. The van der Waals surface area contributed by atoms with Crippen molar-refractivity contribution >= 4 is 15.9 Å². The minimum atomic E-state index is -0.316. The van der Waals surface area contributed by atoms with Gasteiger partial charge in [0.05, 0.1) is 0 Å². The second-order valence-corrected chi connectivity index (χ2v) is 4.08. The lowest BCUT2D eigenvalue weighted by Crippen LogP contribution is -1.82. The molecule has 0 heterocycles. The van der Waals surface area contributed by atoms with Crippen molar-refractivity contribution < 1.29 is 8.78 Å². The zero-order valence-corrected chi connectivity index (χ0v) is 9.26. The zero-order chi connectivity index (χ0) is 10.8. The van der Waals surface area contributed by atoms with E-state index < -0.39 is 0 Å². The first-order valence-corrected chi connectivity index (χ1v) is 5.16. The third kappa shape index (κ3) is 2.42. The Bertz CT molecular complexity index is 457. The SMILES string of the molecule is Fc1ccc(-c2cc(F)cc(Br)c2)cc1. The number of hydrogen-bond acceptors (Lipinski definition) is 0. The summed E-state index contributed by atoms with van der Waals surface area (Å²) in [6.45, 7) is 0. The van der Waals surface area contributed by atoms with E-state index in [0.29, 0.717) is 4.47 Å². The Balaban J connectivity index is 2.49. The molecule has 3 heteroatoms. The molecule has 0 aromatic heterocycles. The van der Waals surface area contributed by atoms with E-state index in [2.05, 4.69) is 15.9 Å². The Morgan fingerprint density at radius 1 is 0.733 bits per heavy atom. The number of halogens is 3. The highest BCUT2D eigenvalue weighted by Gasteiger charge is 2.01. The second-order valence-electron chi connectivity index (χ2n) is 3.17. The van der Waals surface area contributed by atoms with Crippen LogP contribution in [0.3, 0.4) is 0 Å². The van der Waals surface area contributed by atoms with Crippen LogP contribution in [0.25, 0.3) is 11.1 Å². The van der Waals surface area contributed by atoms with E-state index in [4.69, 9.17) is 0 Å². The van der Waals surface area contributed by atoms with E-state index in [1.54, 1.807) is 18.2 Å². The van der Waals surface area contributed by atoms with Crippen LogP contribution in [0.15, 0.2) is 46.9 Å². The van der Waals surface area contributed by atoms with Gasteiger partial charge in [-0.25, -0.2) is 8.78 Å². The van der Waals surface area contributed by atoms with Gasteiger partial charge in [0.25, 0.3) is 0 Å². The molecule has 0 aliphatic heterocycles. The Morgan fingerprint density at radius 3 is 2.00 bits per heavy atom. The lowest BCUT2D eigenvalue weighted by molar-refractivity contribution is 0.627. The van der Waals surface area contributed by atoms with Gasteiger partial charge in [0.2, 0.25) is 0 Å². The molecule has 0 fully saturated rings. The highest BCUT2D eigenvalue weighted by atomic mass is 79.9. The largest absolute Gasteiger partial charge is 0.207 e. The van der Waals surface area contributed by atoms with Gasteiger partial charge in [-0.1, -0.05) is 28.1 Å². The van der Waals surface area contributed by atoms with Crippen LogP contribution in [0.5, 0.6) is 0 Å². The number of rotatable bonds is 1. The van der Waals surface area contributed by atoms with Gasteiger partial charge in [-0.15, -0.1) is 0 Å². The minimum absolute atomic E-state index is 0.297. The Hall–Kier alpha value is -1.22. The number of benzene rings is 2. The summed E-state index contributed by atoms with van der Waals surface area (Å²) < 4.78 is 26.4. The number of hydrogen-bond donors (Lipinski definition) is 0. The molecule has 2 aromatic rings. The van der Waals surface area contributed by atoms with Gasteiger partial charge in [0.15, 0.2) is 0 Å². The summed E-state index contributed by atoms with van der Waals surface area (Å²) in [6.07, 6.45) is 0. The fourth-order valence-corrected chi connectivity index (χ4v) is 1.83. The van der Waals surface area contributed by atoms with Crippen molar-refractivity contribution in [1.82, 2.24) is 0 Å². The van der Waals surface area contributed by atoms with Crippen molar-refractivity contribution in [3.8, 4) is 11.1 Å². The van der Waals surface area contributed by atoms with Crippen molar-refractivity contribution in [1.29, 1.82) is 0 Å². The molecule has 0 aliphatic carbocycles. The molecule has 0 bridgehead atoms. The van der Waals surface area contributed by atoms with Gasteiger partial charge in [-0.3, -0.25) is 0 Å². The van der Waals surface area contributed by atoms with Gasteiger partial charge in [-0.05, 0) is 41.5 Å². The maximum atomic E-state index is 13.1. The van der Waals surface area contributed by atoms with Gasteiger partial charge in [0, 0.05) is 4.47 Å². The van der Waals surface area contributed by atoms with Crippen molar-refractivity contribution in [2.24, 2.45) is 0 Å². The molecule has 15 heavy (non-hydrogen) atoms. The van der Waals surface area contributed by atoms with Crippen LogP contribution in [0.4, 0.5) is 8.78 Å². The molecule has 0 radical (unpaired) electrons. The maximum Gasteiger partial charge on any atom is 0.124 e. The zero-order valence-electron chi connectivity index (χ0n) is 7.68. The lowest BCUT2D eigenvalue weighted by atomic mass is 10.1. The van der Waals surface area contributed by atoms with Crippen molar-refractivity contribution in [3.63, 3.8) is 0 Å². The predicted octanol–water partition coefficient (Wildman–Crippen LogP) is 4.39. The Morgan fingerprint density at radius 2 is 1.40 bits per heavy atom. The van der Waals surface area contributed by atoms with Crippen LogP contribution >= 0.6 is 15.9 Å². The molecule has 0 N–H and O–H groups in total. The van der Waals surface area contributed by atoms with E-state index in [1.165, 1.54) is 24.3 Å². The normalized spacial score (nSPS) is 10.3. The van der Waals surface area contributed by atoms with Crippen LogP contribution in [0, 0.1) is 11.6 Å². The fourth-order valence-electron chi connectivity index (χ4n) is 1.36. The monoisotopic (exact) mass is 268 g/mol. The summed E-state index contributed by atoms with van der Waals surface area (Å²) in [6, 6.07) is 10.5. The van der Waals surface area contributed by atoms with Crippen LogP contribution < -0.4 is 0 Å². The fraction of sp³-hybridized carbons (Fsp3) is 0. The molecule has 0 spiro atoms. The van der Waals surface area contributed by atoms with E-state index in [0.717, 1.165) is 11.1 Å². The molecule has 0 atom stereocenters. The smallest absolute Gasteiger partial charge is 0.124 e. The minimum Gasteiger partial charge on any atom is -0.207 e. The van der Waals surface area contributed by atoms with E-state index in [-0.39, 0.29) is 11.6 Å². The molecular weight excluding hydrogens is 262 g/mol. The molecule has 0 amide bonds. The predicted molar refractivity (Wildman–Crippen MR) is 59.5 cm³/mol. The topological polar surface area (TPSA) is 0 Å². The molecule has 0 saturated heterocycles. The average Bonchev–Trinajstić information content (AvgIpc) is 2.17. The van der Waals surface area contributed by atoms with E-state index in [9.17, 15) is 8.78 Å². The van der Waals surface area contributed by atoms with E-state index in [1.807, 2.05) is 0 Å². The molecule has 2 rings (SSSR count). The van der Waals surface area contributed by atoms with Crippen LogP contribution in [0.1, 0.15) is 0 Å². The molecule has 76 valence electrons. The first-order chi connectivity index (χ1) is 7.15. The van der Waals surface area contributed by atoms with Crippen LogP contribution in [-0.2, 0) is 0 Å². The van der Waals surface area contributed by atoms with Gasteiger partial charge in [-0.2, -0.15) is 0 Å². The summed E-state index contributed by atoms with van der Waals surface area (Å²) >= 11 is 3.21. The molecule has 2 aromatic carbocycles. The quantitative estimate of drug-likeness (QED) is 0.720. The van der Waals surface area contributed by atoms with Crippen molar-refractivity contribution in [2.75, 3.05) is 0 Å². The molecular formula is C12H7BrF2. The lowest BCUT2D eigenvalue weighted by Gasteiger charge is -2.02. The first-order valence-electron chi connectivity index (χ1n) is 4.37. The third-order valence-corrected chi connectivity index (χ3v) is 2.50. The maximum absolute atomic E-state index is 13.1. The first kappa shape index (κ1) is 10.3. The standard InChI is InChI=1S/C12H7BrF2/c13-10-5-9(6-12(15)7-10)8-1-3-11(14)4-2-8/h1-7H. The highest BCUT2D eigenvalue weighted by Crippen LogP contribution is 2.24.